The number of anilines is 1. The SMILES string of the molecule is Cc1nc2cccc(Cl)n2c1NCC(=O)NO. The van der Waals surface area contributed by atoms with Crippen LogP contribution in [0.5, 0.6) is 0 Å². The molecule has 0 bridgehead atoms. The fraction of sp³-hybridized carbons (Fsp3) is 0.200. The Balaban J connectivity index is 2.39. The fourth-order valence-electron chi connectivity index (χ4n) is 1.58. The maximum atomic E-state index is 11.0. The first kappa shape index (κ1) is 11.7. The lowest BCUT2D eigenvalue weighted by Gasteiger charge is -2.07. The minimum absolute atomic E-state index is 0.0592. The van der Waals surface area contributed by atoms with Crippen LogP contribution in [-0.2, 0) is 4.79 Å². The highest BCUT2D eigenvalue weighted by Gasteiger charge is 2.11. The molecule has 17 heavy (non-hydrogen) atoms. The Morgan fingerprint density at radius 2 is 2.35 bits per heavy atom. The summed E-state index contributed by atoms with van der Waals surface area (Å²) < 4.78 is 1.70. The highest BCUT2D eigenvalue weighted by atomic mass is 35.5. The number of aryl methyl sites for hydroxylation is 1. The van der Waals surface area contributed by atoms with Crippen LogP contribution in [0.4, 0.5) is 5.82 Å². The molecule has 2 heterocycles. The molecule has 0 aliphatic rings. The number of nitrogens with one attached hydrogen (secondary N) is 2. The summed E-state index contributed by atoms with van der Waals surface area (Å²) >= 11 is 6.06. The molecule has 2 aromatic heterocycles. The maximum absolute atomic E-state index is 11.0. The third-order valence-electron chi connectivity index (χ3n) is 2.31. The molecule has 0 spiro atoms. The van der Waals surface area contributed by atoms with E-state index < -0.39 is 5.91 Å². The Bertz CT molecular complexity index is 567. The first-order valence-electron chi connectivity index (χ1n) is 4.94. The number of hydrogen-bond donors (Lipinski definition) is 3. The second-order valence-corrected chi connectivity index (χ2v) is 3.86. The van der Waals surface area contributed by atoms with E-state index in [1.165, 1.54) is 0 Å². The zero-order valence-electron chi connectivity index (χ0n) is 9.07. The van der Waals surface area contributed by atoms with Crippen molar-refractivity contribution in [3.05, 3.63) is 29.0 Å². The minimum Gasteiger partial charge on any atom is -0.360 e. The Labute approximate surface area is 102 Å². The van der Waals surface area contributed by atoms with Gasteiger partial charge in [-0.05, 0) is 19.1 Å². The van der Waals surface area contributed by atoms with Crippen LogP contribution >= 0.6 is 11.6 Å². The Morgan fingerprint density at radius 1 is 1.59 bits per heavy atom. The normalized spacial score (nSPS) is 10.5. The molecule has 1 amide bonds. The number of hydroxylamine groups is 1. The number of fused-ring (bicyclic) bond motifs is 1. The van der Waals surface area contributed by atoms with E-state index in [0.29, 0.717) is 16.6 Å². The molecule has 0 saturated carbocycles. The largest absolute Gasteiger partial charge is 0.360 e. The fourth-order valence-corrected chi connectivity index (χ4v) is 1.82. The van der Waals surface area contributed by atoms with Gasteiger partial charge in [-0.3, -0.25) is 14.4 Å². The number of carbonyl (C=O) groups excluding carboxylic acids is 1. The summed E-state index contributed by atoms with van der Waals surface area (Å²) in [6, 6.07) is 5.34. The van der Waals surface area contributed by atoms with Gasteiger partial charge in [0.2, 0.25) is 0 Å². The highest BCUT2D eigenvalue weighted by molar-refractivity contribution is 6.30. The molecule has 0 aromatic carbocycles. The van der Waals surface area contributed by atoms with Gasteiger partial charge in [-0.25, -0.2) is 10.5 Å². The first-order valence-corrected chi connectivity index (χ1v) is 5.31. The van der Waals surface area contributed by atoms with Crippen LogP contribution in [0.25, 0.3) is 5.65 Å². The minimum atomic E-state index is -0.536. The van der Waals surface area contributed by atoms with E-state index in [1.54, 1.807) is 22.0 Å². The molecule has 7 heteroatoms. The van der Waals surface area contributed by atoms with Gasteiger partial charge in [0.25, 0.3) is 5.91 Å². The quantitative estimate of drug-likeness (QED) is 0.437. The van der Waals surface area contributed by atoms with Crippen molar-refractivity contribution in [2.75, 3.05) is 11.9 Å². The molecule has 2 rings (SSSR count). The van der Waals surface area contributed by atoms with Gasteiger partial charge < -0.3 is 5.32 Å². The van der Waals surface area contributed by atoms with Gasteiger partial charge in [0, 0.05) is 0 Å². The second-order valence-electron chi connectivity index (χ2n) is 3.48. The third-order valence-corrected chi connectivity index (χ3v) is 2.61. The number of halogens is 1. The van der Waals surface area contributed by atoms with Crippen molar-refractivity contribution >= 4 is 29.0 Å². The monoisotopic (exact) mass is 254 g/mol. The zero-order chi connectivity index (χ0) is 12.4. The number of aromatic nitrogens is 2. The molecular formula is C10H11ClN4O2. The predicted molar refractivity (Wildman–Crippen MR) is 63.4 cm³/mol. The van der Waals surface area contributed by atoms with Gasteiger partial charge in [-0.15, -0.1) is 0 Å². The van der Waals surface area contributed by atoms with E-state index in [1.807, 2.05) is 13.0 Å². The molecule has 90 valence electrons. The predicted octanol–water partition coefficient (Wildman–Crippen LogP) is 1.21. The van der Waals surface area contributed by atoms with Crippen LogP contribution in [-0.4, -0.2) is 27.0 Å². The molecule has 0 aliphatic carbocycles. The number of carbonyl (C=O) groups is 1. The summed E-state index contributed by atoms with van der Waals surface area (Å²) in [7, 11) is 0. The van der Waals surface area contributed by atoms with Crippen LogP contribution in [0.2, 0.25) is 5.15 Å². The standard InChI is InChI=1S/C10H11ClN4O2/c1-6-10(12-5-9(16)14-17)15-7(11)3-2-4-8(15)13-6/h2-4,12,17H,5H2,1H3,(H,14,16). The Morgan fingerprint density at radius 3 is 3.06 bits per heavy atom. The van der Waals surface area contributed by atoms with Crippen LogP contribution in [0.3, 0.4) is 0 Å². The summed E-state index contributed by atoms with van der Waals surface area (Å²) in [6.45, 7) is 1.75. The molecule has 0 fully saturated rings. The number of hydrogen-bond acceptors (Lipinski definition) is 4. The van der Waals surface area contributed by atoms with Gasteiger partial charge >= 0.3 is 0 Å². The number of pyridine rings is 1. The van der Waals surface area contributed by atoms with Crippen molar-refractivity contribution in [2.24, 2.45) is 0 Å². The van der Waals surface area contributed by atoms with E-state index in [0.717, 1.165) is 5.69 Å². The lowest BCUT2D eigenvalue weighted by atomic mass is 10.4. The molecule has 3 N–H and O–H groups in total. The van der Waals surface area contributed by atoms with E-state index in [2.05, 4.69) is 10.3 Å². The van der Waals surface area contributed by atoms with Crippen molar-refractivity contribution in [1.82, 2.24) is 14.9 Å². The molecule has 0 unspecified atom stereocenters. The zero-order valence-corrected chi connectivity index (χ0v) is 9.82. The number of nitrogens with zero attached hydrogens (tertiary/aromatic N) is 2. The van der Waals surface area contributed by atoms with Gasteiger partial charge in [-0.2, -0.15) is 0 Å². The number of imidazole rings is 1. The van der Waals surface area contributed by atoms with Crippen molar-refractivity contribution in [3.8, 4) is 0 Å². The van der Waals surface area contributed by atoms with Gasteiger partial charge in [0.15, 0.2) is 0 Å². The van der Waals surface area contributed by atoms with Crippen LogP contribution in [0, 0.1) is 6.92 Å². The second kappa shape index (κ2) is 4.60. The van der Waals surface area contributed by atoms with Crippen LogP contribution < -0.4 is 10.8 Å². The smallest absolute Gasteiger partial charge is 0.262 e. The molecular weight excluding hydrogens is 244 g/mol. The van der Waals surface area contributed by atoms with Gasteiger partial charge in [0.1, 0.15) is 16.6 Å². The summed E-state index contributed by atoms with van der Waals surface area (Å²) in [5.41, 5.74) is 2.97. The lowest BCUT2D eigenvalue weighted by Crippen LogP contribution is -2.27. The lowest BCUT2D eigenvalue weighted by molar-refractivity contribution is -0.127. The summed E-state index contributed by atoms with van der Waals surface area (Å²) in [4.78, 5) is 15.3. The highest BCUT2D eigenvalue weighted by Crippen LogP contribution is 2.22. The first-order chi connectivity index (χ1) is 8.13. The van der Waals surface area contributed by atoms with Crippen LogP contribution in [0.1, 0.15) is 5.69 Å². The Hall–Kier alpha value is -1.79. The average molecular weight is 255 g/mol. The van der Waals surface area contributed by atoms with Crippen molar-refractivity contribution < 1.29 is 10.0 Å². The van der Waals surface area contributed by atoms with E-state index in [9.17, 15) is 4.79 Å². The summed E-state index contributed by atoms with van der Waals surface area (Å²) in [6.07, 6.45) is 0. The van der Waals surface area contributed by atoms with Crippen LogP contribution in [0.15, 0.2) is 18.2 Å². The molecule has 2 aromatic rings. The third kappa shape index (κ3) is 2.17. The molecule has 0 saturated heterocycles. The van der Waals surface area contributed by atoms with E-state index in [-0.39, 0.29) is 6.54 Å². The summed E-state index contributed by atoms with van der Waals surface area (Å²) in [5.74, 6) is 0.0978. The van der Waals surface area contributed by atoms with Crippen molar-refractivity contribution in [2.45, 2.75) is 6.92 Å². The summed E-state index contributed by atoms with van der Waals surface area (Å²) in [5, 5.41) is 11.8. The topological polar surface area (TPSA) is 78.7 Å². The molecule has 6 nitrogen and oxygen atoms in total. The van der Waals surface area contributed by atoms with E-state index in [4.69, 9.17) is 16.8 Å². The van der Waals surface area contributed by atoms with E-state index >= 15 is 0 Å². The average Bonchev–Trinajstić information content (AvgIpc) is 2.63. The van der Waals surface area contributed by atoms with Crippen molar-refractivity contribution in [1.29, 1.82) is 0 Å². The Kier molecular flexibility index (Phi) is 3.16. The number of rotatable bonds is 3. The molecule has 0 aliphatic heterocycles. The number of amides is 1. The van der Waals surface area contributed by atoms with Gasteiger partial charge in [-0.1, -0.05) is 17.7 Å². The molecule has 0 radical (unpaired) electrons. The van der Waals surface area contributed by atoms with Crippen molar-refractivity contribution in [3.63, 3.8) is 0 Å². The maximum Gasteiger partial charge on any atom is 0.262 e. The molecule has 0 atom stereocenters. The van der Waals surface area contributed by atoms with Gasteiger partial charge in [0.05, 0.1) is 12.2 Å².